The van der Waals surface area contributed by atoms with E-state index in [-0.39, 0.29) is 34.5 Å². The van der Waals surface area contributed by atoms with Crippen molar-refractivity contribution >= 4 is 45.5 Å². The van der Waals surface area contributed by atoms with Crippen molar-refractivity contribution < 1.29 is 24.6 Å². The smallest absolute Gasteiger partial charge is 0.308 e. The van der Waals surface area contributed by atoms with Crippen LogP contribution in [0.5, 0.6) is 0 Å². The molecule has 0 aromatic heterocycles. The quantitative estimate of drug-likeness (QED) is 0.362. The number of nitrogens with zero attached hydrogens (tertiary/aromatic N) is 2. The van der Waals surface area contributed by atoms with Gasteiger partial charge in [-0.3, -0.25) is 14.4 Å². The summed E-state index contributed by atoms with van der Waals surface area (Å²) in [6.07, 6.45) is 7.34. The van der Waals surface area contributed by atoms with Gasteiger partial charge in [0.05, 0.1) is 29.2 Å². The van der Waals surface area contributed by atoms with Gasteiger partial charge < -0.3 is 20.0 Å². The Bertz CT molecular complexity index is 1030. The van der Waals surface area contributed by atoms with Crippen molar-refractivity contribution in [3.63, 3.8) is 0 Å². The minimum atomic E-state index is -1.000. The maximum atomic E-state index is 14.6. The summed E-state index contributed by atoms with van der Waals surface area (Å²) in [5.41, 5.74) is 0.734. The lowest BCUT2D eigenvalue weighted by Gasteiger charge is -2.42. The Balaban J connectivity index is 1.63. The molecule has 4 fully saturated rings. The highest BCUT2D eigenvalue weighted by atomic mass is 79.9. The van der Waals surface area contributed by atoms with E-state index in [0.29, 0.717) is 13.0 Å². The number of alkyl halides is 1. The molecule has 9 heteroatoms. The number of rotatable bonds is 8. The lowest BCUT2D eigenvalue weighted by atomic mass is 9.71. The van der Waals surface area contributed by atoms with Crippen molar-refractivity contribution in [2.75, 3.05) is 13.2 Å². The van der Waals surface area contributed by atoms with E-state index in [2.05, 4.69) is 22.5 Å². The molecule has 5 rings (SSSR count). The number of amides is 2. The maximum Gasteiger partial charge on any atom is 0.308 e. The molecule has 3 aliphatic heterocycles. The van der Waals surface area contributed by atoms with E-state index in [1.54, 1.807) is 11.0 Å². The molecule has 36 heavy (non-hydrogen) atoms. The lowest BCUT2D eigenvalue weighted by Crippen LogP contribution is -2.58. The van der Waals surface area contributed by atoms with Crippen LogP contribution >= 0.6 is 27.7 Å². The third kappa shape index (κ3) is 3.93. The van der Waals surface area contributed by atoms with Gasteiger partial charge in [-0.25, -0.2) is 0 Å². The molecule has 1 aromatic carbocycles. The number of thioether (sulfide) groups is 1. The van der Waals surface area contributed by atoms with E-state index in [9.17, 15) is 24.6 Å². The van der Waals surface area contributed by atoms with Crippen LogP contribution in [0.4, 0.5) is 0 Å². The van der Waals surface area contributed by atoms with Gasteiger partial charge in [0.15, 0.2) is 0 Å². The molecule has 1 spiro atoms. The number of carboxylic acid groups (broad SMARTS) is 1. The first-order chi connectivity index (χ1) is 17.4. The second kappa shape index (κ2) is 10.1. The number of likely N-dealkylation sites (tertiary alicyclic amines) is 1. The molecule has 2 bridgehead atoms. The fraction of sp³-hybridized carbons (Fsp3) is 0.593. The lowest BCUT2D eigenvalue weighted by molar-refractivity contribution is -0.150. The van der Waals surface area contributed by atoms with Gasteiger partial charge in [-0.1, -0.05) is 71.6 Å². The fourth-order valence-electron chi connectivity index (χ4n) is 7.10. The molecule has 7 atom stereocenters. The molecule has 1 aromatic rings. The number of hydrogen-bond donors (Lipinski definition) is 2. The van der Waals surface area contributed by atoms with Crippen molar-refractivity contribution in [2.24, 2.45) is 11.8 Å². The van der Waals surface area contributed by atoms with Gasteiger partial charge in [0, 0.05) is 22.7 Å². The van der Waals surface area contributed by atoms with Crippen LogP contribution in [-0.4, -0.2) is 77.9 Å². The van der Waals surface area contributed by atoms with Crippen molar-refractivity contribution in [2.45, 2.75) is 71.5 Å². The number of hydrogen-bond acceptors (Lipinski definition) is 5. The molecule has 4 aliphatic rings. The highest BCUT2D eigenvalue weighted by molar-refractivity contribution is 9.09. The predicted molar refractivity (Wildman–Crippen MR) is 142 cm³/mol. The molecular formula is C27H33BrN2O5S. The summed E-state index contributed by atoms with van der Waals surface area (Å²) in [4.78, 5) is 44.5. The molecule has 3 heterocycles. The number of aliphatic hydroxyl groups is 1. The topological polar surface area (TPSA) is 98.2 Å². The van der Waals surface area contributed by atoms with E-state index in [1.807, 2.05) is 35.2 Å². The van der Waals surface area contributed by atoms with E-state index < -0.39 is 34.6 Å². The number of carboxylic acids is 1. The molecule has 2 N–H and O–H groups in total. The van der Waals surface area contributed by atoms with Gasteiger partial charge in [-0.2, -0.15) is 0 Å². The van der Waals surface area contributed by atoms with Gasteiger partial charge in [-0.05, 0) is 24.8 Å². The highest BCUT2D eigenvalue weighted by Crippen LogP contribution is 2.68. The van der Waals surface area contributed by atoms with Crippen LogP contribution in [-0.2, 0) is 14.4 Å². The normalized spacial score (nSPS) is 34.4. The number of aliphatic hydroxyl groups excluding tert-OH is 1. The van der Waals surface area contributed by atoms with Gasteiger partial charge in [0.1, 0.15) is 6.04 Å². The fourth-order valence-corrected chi connectivity index (χ4v) is 10.7. The van der Waals surface area contributed by atoms with Crippen LogP contribution in [0.2, 0.25) is 0 Å². The second-order valence-electron chi connectivity index (χ2n) is 10.4. The Labute approximate surface area is 224 Å². The second-order valence-corrected chi connectivity index (χ2v) is 13.1. The molecule has 3 saturated heterocycles. The Hall–Kier alpha value is -1.84. The number of fused-ring (bicyclic) bond motifs is 1. The number of benzene rings is 1. The zero-order valence-corrected chi connectivity index (χ0v) is 22.6. The first kappa shape index (κ1) is 25.8. The van der Waals surface area contributed by atoms with Crippen molar-refractivity contribution in [3.8, 4) is 0 Å². The minimum Gasteiger partial charge on any atom is -0.481 e. The molecule has 2 amide bonds. The number of carbonyl (C=O) groups excluding carboxylic acids is 2. The molecule has 0 radical (unpaired) electrons. The van der Waals surface area contributed by atoms with E-state index in [0.717, 1.165) is 37.7 Å². The SMILES string of the molecule is C=CCN(C(=O)C1N([C@H](CO)c2ccccc2)C(=O)[C@@H]2[C@H](C(=O)O)[C@H]3SC12CC3Br)C1CCCCC1. The van der Waals surface area contributed by atoms with Gasteiger partial charge in [0.2, 0.25) is 11.8 Å². The highest BCUT2D eigenvalue weighted by Gasteiger charge is 2.76. The predicted octanol–water partition coefficient (Wildman–Crippen LogP) is 3.62. The number of halogens is 1. The molecular weight excluding hydrogens is 544 g/mol. The number of carbonyl (C=O) groups is 3. The van der Waals surface area contributed by atoms with Crippen LogP contribution < -0.4 is 0 Å². The van der Waals surface area contributed by atoms with Gasteiger partial charge >= 0.3 is 5.97 Å². The van der Waals surface area contributed by atoms with E-state index in [1.165, 1.54) is 11.8 Å². The summed E-state index contributed by atoms with van der Waals surface area (Å²) < 4.78 is -0.855. The molecule has 7 nitrogen and oxygen atoms in total. The monoisotopic (exact) mass is 576 g/mol. The van der Waals surface area contributed by atoms with Crippen LogP contribution in [0, 0.1) is 11.8 Å². The number of aliphatic carboxylic acids is 1. The minimum absolute atomic E-state index is 0.0691. The van der Waals surface area contributed by atoms with Gasteiger partial charge in [0.25, 0.3) is 0 Å². The van der Waals surface area contributed by atoms with Crippen molar-refractivity contribution in [1.82, 2.24) is 9.80 Å². The standard InChI is InChI=1S/C27H33BrN2O5S/c1-2-13-29(17-11-7-4-8-12-17)25(33)23-27-14-18(28)22(36-27)20(26(34)35)21(27)24(32)30(23)19(15-31)16-9-5-3-6-10-16/h2-3,5-6,9-10,17-23,31H,1,4,7-8,11-15H2,(H,34,35)/t18?,19-,20+,21+,22+,23?,27?/m1/s1. The summed E-state index contributed by atoms with van der Waals surface area (Å²) in [6, 6.07) is 7.72. The van der Waals surface area contributed by atoms with E-state index in [4.69, 9.17) is 0 Å². The average molecular weight is 578 g/mol. The summed E-state index contributed by atoms with van der Waals surface area (Å²) in [5.74, 6) is -3.16. The van der Waals surface area contributed by atoms with Gasteiger partial charge in [-0.15, -0.1) is 18.3 Å². The molecule has 1 saturated carbocycles. The largest absolute Gasteiger partial charge is 0.481 e. The molecule has 1 aliphatic carbocycles. The Morgan fingerprint density at radius 1 is 1.25 bits per heavy atom. The van der Waals surface area contributed by atoms with Crippen LogP contribution in [0.15, 0.2) is 43.0 Å². The summed E-state index contributed by atoms with van der Waals surface area (Å²) in [6.45, 7) is 3.92. The van der Waals surface area contributed by atoms with Crippen molar-refractivity contribution in [1.29, 1.82) is 0 Å². The average Bonchev–Trinajstić information content (AvgIpc) is 3.48. The zero-order chi connectivity index (χ0) is 25.6. The Morgan fingerprint density at radius 3 is 2.56 bits per heavy atom. The van der Waals surface area contributed by atoms with Crippen LogP contribution in [0.3, 0.4) is 0 Å². The third-order valence-electron chi connectivity index (χ3n) is 8.56. The third-order valence-corrected chi connectivity index (χ3v) is 11.8. The molecule has 3 unspecified atom stereocenters. The summed E-state index contributed by atoms with van der Waals surface area (Å²) in [7, 11) is 0. The van der Waals surface area contributed by atoms with E-state index >= 15 is 0 Å². The van der Waals surface area contributed by atoms with Crippen LogP contribution in [0.25, 0.3) is 0 Å². The first-order valence-electron chi connectivity index (χ1n) is 12.8. The van der Waals surface area contributed by atoms with Crippen molar-refractivity contribution in [3.05, 3.63) is 48.6 Å². The van der Waals surface area contributed by atoms with Crippen LogP contribution in [0.1, 0.15) is 50.1 Å². The Morgan fingerprint density at radius 2 is 1.94 bits per heavy atom. The summed E-state index contributed by atoms with van der Waals surface area (Å²) >= 11 is 5.19. The first-order valence-corrected chi connectivity index (χ1v) is 14.6. The molecule has 194 valence electrons. The summed E-state index contributed by atoms with van der Waals surface area (Å²) in [5, 5.41) is 20.4. The Kier molecular flexibility index (Phi) is 7.26. The zero-order valence-electron chi connectivity index (χ0n) is 20.2. The maximum absolute atomic E-state index is 14.6.